The molecule has 2 aromatic rings. The first-order valence-corrected chi connectivity index (χ1v) is 10.9. The highest BCUT2D eigenvalue weighted by molar-refractivity contribution is 6.04. The summed E-state index contributed by atoms with van der Waals surface area (Å²) in [6.07, 6.45) is 4.14. The smallest absolute Gasteiger partial charge is 0.305 e. The van der Waals surface area contributed by atoms with Gasteiger partial charge in [-0.3, -0.25) is 9.59 Å². The van der Waals surface area contributed by atoms with Crippen LogP contribution >= 0.6 is 0 Å². The van der Waals surface area contributed by atoms with Gasteiger partial charge >= 0.3 is 5.97 Å². The molecule has 1 saturated heterocycles. The number of ether oxygens (including phenoxy) is 2. The number of allylic oxidation sites excluding steroid dienone is 1. The summed E-state index contributed by atoms with van der Waals surface area (Å²) in [7, 11) is 1.54. The highest BCUT2D eigenvalue weighted by Crippen LogP contribution is 2.32. The van der Waals surface area contributed by atoms with Crippen LogP contribution < -0.4 is 20.7 Å². The van der Waals surface area contributed by atoms with Crippen molar-refractivity contribution in [1.82, 2.24) is 4.98 Å². The molecule has 1 fully saturated rings. The summed E-state index contributed by atoms with van der Waals surface area (Å²) in [5.41, 5.74) is 8.23. The lowest BCUT2D eigenvalue weighted by atomic mass is 10.1. The predicted octanol–water partition coefficient (Wildman–Crippen LogP) is 2.75. The molecule has 3 rings (SSSR count). The van der Waals surface area contributed by atoms with Gasteiger partial charge in [0, 0.05) is 31.1 Å². The van der Waals surface area contributed by atoms with Crippen LogP contribution in [-0.4, -0.2) is 61.1 Å². The van der Waals surface area contributed by atoms with Crippen molar-refractivity contribution in [3.05, 3.63) is 53.9 Å². The van der Waals surface area contributed by atoms with E-state index in [1.54, 1.807) is 31.4 Å². The van der Waals surface area contributed by atoms with Crippen LogP contribution in [-0.2, 0) is 9.53 Å². The summed E-state index contributed by atoms with van der Waals surface area (Å²) in [5, 5.41) is 18.7. The molecule has 1 amide bonds. The van der Waals surface area contributed by atoms with Crippen LogP contribution in [0.5, 0.6) is 5.75 Å². The van der Waals surface area contributed by atoms with E-state index in [0.29, 0.717) is 22.8 Å². The molecule has 0 unspecified atom stereocenters. The van der Waals surface area contributed by atoms with E-state index >= 15 is 0 Å². The van der Waals surface area contributed by atoms with Crippen molar-refractivity contribution in [1.29, 1.82) is 5.41 Å². The second-order valence-corrected chi connectivity index (χ2v) is 7.74. The van der Waals surface area contributed by atoms with E-state index in [9.17, 15) is 9.59 Å². The maximum atomic E-state index is 12.8. The summed E-state index contributed by atoms with van der Waals surface area (Å²) < 4.78 is 11.2. The number of nitrogens with one attached hydrogen (secondary N) is 2. The first kappa shape index (κ1) is 24.7. The summed E-state index contributed by atoms with van der Waals surface area (Å²) in [5.74, 6) is -0.746. The number of nitrogens with zero attached hydrogens (tertiary/aromatic N) is 2. The van der Waals surface area contributed by atoms with Gasteiger partial charge in [-0.2, -0.15) is 0 Å². The van der Waals surface area contributed by atoms with Gasteiger partial charge in [0.05, 0.1) is 43.3 Å². The molecule has 0 radical (unpaired) electrons. The third kappa shape index (κ3) is 6.55. The number of hydrogen-bond acceptors (Lipinski definition) is 8. The number of pyridine rings is 1. The number of hydrogen-bond donors (Lipinski definition) is 4. The molecule has 1 aliphatic heterocycles. The molecule has 1 aromatic carbocycles. The van der Waals surface area contributed by atoms with Crippen molar-refractivity contribution in [3.8, 4) is 5.75 Å². The van der Waals surface area contributed by atoms with Crippen LogP contribution in [0.15, 0.2) is 42.5 Å². The second-order valence-electron chi connectivity index (χ2n) is 7.74. The van der Waals surface area contributed by atoms with Gasteiger partial charge in [0.1, 0.15) is 11.4 Å². The third-order valence-corrected chi connectivity index (χ3v) is 5.45. The number of nitrogens with two attached hydrogens (primary N) is 1. The number of carboxylic acids is 1. The largest absolute Gasteiger partial charge is 0.494 e. The predicted molar refractivity (Wildman–Crippen MR) is 130 cm³/mol. The van der Waals surface area contributed by atoms with Crippen LogP contribution in [0.1, 0.15) is 35.4 Å². The van der Waals surface area contributed by atoms with E-state index in [0.717, 1.165) is 37.8 Å². The Labute approximate surface area is 197 Å². The average molecular weight is 468 g/mol. The van der Waals surface area contributed by atoms with Gasteiger partial charge in [0.15, 0.2) is 0 Å². The minimum atomic E-state index is -0.857. The zero-order chi connectivity index (χ0) is 24.5. The lowest BCUT2D eigenvalue weighted by Crippen LogP contribution is -2.37. The van der Waals surface area contributed by atoms with Crippen molar-refractivity contribution in [2.24, 2.45) is 5.73 Å². The van der Waals surface area contributed by atoms with Crippen LogP contribution in [0.25, 0.3) is 5.70 Å². The molecule has 5 N–H and O–H groups in total. The Morgan fingerprint density at radius 1 is 1.26 bits per heavy atom. The number of rotatable bonds is 10. The fraction of sp³-hybridized carbons (Fsp3) is 0.333. The molecule has 34 heavy (non-hydrogen) atoms. The van der Waals surface area contributed by atoms with Gasteiger partial charge in [0.2, 0.25) is 0 Å². The number of carbonyl (C=O) groups is 2. The number of carboxylic acid groups (broad SMARTS) is 1. The average Bonchev–Trinajstić information content (AvgIpc) is 2.84. The molecule has 180 valence electrons. The monoisotopic (exact) mass is 467 g/mol. The Balaban J connectivity index is 1.64. The normalized spacial score (nSPS) is 14.5. The summed E-state index contributed by atoms with van der Waals surface area (Å²) >= 11 is 0. The lowest BCUT2D eigenvalue weighted by molar-refractivity contribution is -0.138. The quantitative estimate of drug-likeness (QED) is 0.389. The van der Waals surface area contributed by atoms with Gasteiger partial charge in [-0.1, -0.05) is 6.07 Å². The van der Waals surface area contributed by atoms with Gasteiger partial charge in [-0.15, -0.1) is 0 Å². The minimum Gasteiger partial charge on any atom is -0.494 e. The van der Waals surface area contributed by atoms with Gasteiger partial charge in [0.25, 0.3) is 5.91 Å². The number of piperidine rings is 1. The topological polar surface area (TPSA) is 151 Å². The van der Waals surface area contributed by atoms with Gasteiger partial charge in [-0.25, -0.2) is 4.98 Å². The van der Waals surface area contributed by atoms with Gasteiger partial charge in [-0.05, 0) is 43.2 Å². The molecular formula is C24H29N5O5. The van der Waals surface area contributed by atoms with E-state index in [4.69, 9.17) is 25.7 Å². The van der Waals surface area contributed by atoms with Crippen LogP contribution in [0.4, 0.5) is 11.4 Å². The van der Waals surface area contributed by atoms with E-state index < -0.39 is 11.9 Å². The van der Waals surface area contributed by atoms with Crippen molar-refractivity contribution < 1.29 is 24.2 Å². The Kier molecular flexibility index (Phi) is 8.58. The number of aromatic nitrogens is 1. The Hall–Kier alpha value is -3.92. The van der Waals surface area contributed by atoms with Gasteiger partial charge < -0.3 is 35.9 Å². The lowest BCUT2D eigenvalue weighted by Gasteiger charge is -2.33. The molecule has 1 aromatic heterocycles. The molecular weight excluding hydrogens is 438 g/mol. The summed E-state index contributed by atoms with van der Waals surface area (Å²) in [6, 6.07) is 10.5. The maximum absolute atomic E-state index is 12.8. The molecule has 0 aliphatic carbocycles. The molecule has 1 aliphatic rings. The SMILES string of the molecule is COc1cc(N2CCC(OCCC(=O)O)CC2)ccc1NC(=O)c1cccc(/C(N)=C/C=N)n1. The Morgan fingerprint density at radius 3 is 2.68 bits per heavy atom. The highest BCUT2D eigenvalue weighted by Gasteiger charge is 2.21. The fourth-order valence-electron chi connectivity index (χ4n) is 3.66. The molecule has 0 atom stereocenters. The van der Waals surface area contributed by atoms with E-state index in [2.05, 4.69) is 15.2 Å². The van der Waals surface area contributed by atoms with E-state index in [1.807, 2.05) is 12.1 Å². The maximum Gasteiger partial charge on any atom is 0.305 e. The molecule has 0 spiro atoms. The number of carbonyl (C=O) groups excluding carboxylic acids is 1. The molecule has 0 saturated carbocycles. The zero-order valence-corrected chi connectivity index (χ0v) is 19.0. The summed E-state index contributed by atoms with van der Waals surface area (Å²) in [4.78, 5) is 29.9. The third-order valence-electron chi connectivity index (χ3n) is 5.45. The Bertz CT molecular complexity index is 1060. The highest BCUT2D eigenvalue weighted by atomic mass is 16.5. The van der Waals surface area contributed by atoms with Crippen molar-refractivity contribution in [3.63, 3.8) is 0 Å². The van der Waals surface area contributed by atoms with E-state index in [1.165, 1.54) is 6.08 Å². The van der Waals surface area contributed by atoms with Crippen LogP contribution in [0.3, 0.4) is 0 Å². The Morgan fingerprint density at radius 2 is 2.00 bits per heavy atom. The van der Waals surface area contributed by atoms with Crippen LogP contribution in [0.2, 0.25) is 0 Å². The molecule has 0 bridgehead atoms. The number of aliphatic carboxylic acids is 1. The first-order chi connectivity index (χ1) is 16.4. The zero-order valence-electron chi connectivity index (χ0n) is 19.0. The number of benzene rings is 1. The summed E-state index contributed by atoms with van der Waals surface area (Å²) in [6.45, 7) is 1.77. The van der Waals surface area contributed by atoms with Crippen molar-refractivity contribution in [2.45, 2.75) is 25.4 Å². The number of amides is 1. The first-order valence-electron chi connectivity index (χ1n) is 10.9. The van der Waals surface area contributed by atoms with Crippen molar-refractivity contribution in [2.75, 3.05) is 37.0 Å². The van der Waals surface area contributed by atoms with Crippen molar-refractivity contribution >= 4 is 35.2 Å². The molecule has 2 heterocycles. The number of anilines is 2. The molecule has 10 nitrogen and oxygen atoms in total. The molecule has 10 heteroatoms. The fourth-order valence-corrected chi connectivity index (χ4v) is 3.66. The van der Waals surface area contributed by atoms with Crippen LogP contribution in [0, 0.1) is 5.41 Å². The minimum absolute atomic E-state index is 0.0122. The standard InChI is InChI=1S/C24H29N5O5/c1-33-22-15-16(29-12-8-17(9-13-29)34-14-10-23(30)31)5-6-20(22)28-24(32)21-4-2-3-19(27-21)18(26)7-11-25/h2-7,11,15,17,25H,8-10,12-14,26H2,1H3,(H,28,32)(H,30,31)/b18-7-,25-11?. The second kappa shape index (κ2) is 11.8. The van der Waals surface area contributed by atoms with E-state index in [-0.39, 0.29) is 24.8 Å². The number of methoxy groups -OCH3 is 1.